The number of likely N-dealkylation sites (tertiary alicyclic amines) is 1. The summed E-state index contributed by atoms with van der Waals surface area (Å²) >= 11 is 0. The second kappa shape index (κ2) is 7.55. The minimum atomic E-state index is -0.0769. The predicted molar refractivity (Wildman–Crippen MR) is 109 cm³/mol. The van der Waals surface area contributed by atoms with E-state index in [0.29, 0.717) is 5.92 Å². The van der Waals surface area contributed by atoms with E-state index in [9.17, 15) is 4.79 Å². The number of fused-ring (bicyclic) bond motifs is 1. The van der Waals surface area contributed by atoms with Crippen LogP contribution < -0.4 is 10.5 Å². The molecule has 0 aliphatic carbocycles. The van der Waals surface area contributed by atoms with Crippen molar-refractivity contribution in [3.63, 3.8) is 0 Å². The fraction of sp³-hybridized carbons (Fsp3) is 0.550. The first-order valence-corrected chi connectivity index (χ1v) is 10.4. The van der Waals surface area contributed by atoms with E-state index in [0.717, 1.165) is 68.5 Å². The van der Waals surface area contributed by atoms with Crippen LogP contribution in [0.5, 0.6) is 0 Å². The van der Waals surface area contributed by atoms with Crippen molar-refractivity contribution in [3.8, 4) is 0 Å². The summed E-state index contributed by atoms with van der Waals surface area (Å²) in [6, 6.07) is 4.08. The van der Waals surface area contributed by atoms with Gasteiger partial charge in [-0.1, -0.05) is 0 Å². The van der Waals surface area contributed by atoms with E-state index in [-0.39, 0.29) is 5.56 Å². The summed E-state index contributed by atoms with van der Waals surface area (Å²) < 4.78 is 3.53. The highest BCUT2D eigenvalue weighted by molar-refractivity contribution is 5.46. The number of anilines is 1. The van der Waals surface area contributed by atoms with Gasteiger partial charge in [0.15, 0.2) is 11.5 Å². The van der Waals surface area contributed by atoms with Crippen LogP contribution in [0.15, 0.2) is 29.3 Å². The molecule has 0 N–H and O–H groups in total. The van der Waals surface area contributed by atoms with Gasteiger partial charge in [0.1, 0.15) is 5.82 Å². The molecule has 2 aliphatic rings. The highest BCUT2D eigenvalue weighted by Gasteiger charge is 2.26. The van der Waals surface area contributed by atoms with Crippen molar-refractivity contribution in [2.45, 2.75) is 38.1 Å². The van der Waals surface area contributed by atoms with Crippen molar-refractivity contribution in [2.75, 3.05) is 31.1 Å². The van der Waals surface area contributed by atoms with Crippen molar-refractivity contribution in [2.24, 2.45) is 7.05 Å². The first kappa shape index (κ1) is 18.2. The summed E-state index contributed by atoms with van der Waals surface area (Å²) in [6.07, 6.45) is 7.72. The topological polar surface area (TPSA) is 84.5 Å². The molecule has 29 heavy (non-hydrogen) atoms. The number of hydrogen-bond donors (Lipinski definition) is 0. The third-order valence-corrected chi connectivity index (χ3v) is 6.07. The van der Waals surface area contributed by atoms with E-state index in [1.807, 2.05) is 16.8 Å². The number of rotatable bonds is 4. The van der Waals surface area contributed by atoms with Crippen molar-refractivity contribution in [1.29, 1.82) is 0 Å². The van der Waals surface area contributed by atoms with E-state index < -0.39 is 0 Å². The van der Waals surface area contributed by atoms with Crippen LogP contribution in [-0.2, 0) is 13.6 Å². The Labute approximate surface area is 169 Å². The fourth-order valence-electron chi connectivity index (χ4n) is 4.37. The van der Waals surface area contributed by atoms with E-state index in [1.54, 1.807) is 11.6 Å². The van der Waals surface area contributed by atoms with Gasteiger partial charge in [-0.05, 0) is 50.9 Å². The van der Waals surface area contributed by atoms with Gasteiger partial charge in [0.2, 0.25) is 0 Å². The Bertz CT molecular complexity index is 1060. The maximum absolute atomic E-state index is 11.5. The lowest BCUT2D eigenvalue weighted by Crippen LogP contribution is -2.34. The standard InChI is InChI=1S/C20H26N8O/c1-25-13-16(21-12-19(25)29)14-26-10-6-15(7-11-26)20-23-22-17-4-5-18(24-28(17)20)27-8-2-3-9-27/h4-5,12-13,15H,2-3,6-11,14H2,1H3. The van der Waals surface area contributed by atoms with Gasteiger partial charge in [-0.25, -0.2) is 0 Å². The molecular weight excluding hydrogens is 368 g/mol. The molecule has 2 saturated heterocycles. The number of hydrogen-bond acceptors (Lipinski definition) is 7. The van der Waals surface area contributed by atoms with Gasteiger partial charge in [-0.3, -0.25) is 14.7 Å². The Hall–Kier alpha value is -2.81. The molecule has 3 aromatic heterocycles. The number of aryl methyl sites for hydroxylation is 1. The predicted octanol–water partition coefficient (Wildman–Crippen LogP) is 1.20. The van der Waals surface area contributed by atoms with Gasteiger partial charge in [-0.2, -0.15) is 4.52 Å². The summed E-state index contributed by atoms with van der Waals surface area (Å²) in [6.45, 7) is 4.85. The summed E-state index contributed by atoms with van der Waals surface area (Å²) in [7, 11) is 1.76. The molecule has 0 spiro atoms. The largest absolute Gasteiger partial charge is 0.355 e. The zero-order valence-electron chi connectivity index (χ0n) is 16.7. The fourth-order valence-corrected chi connectivity index (χ4v) is 4.37. The molecule has 0 amide bonds. The molecular formula is C20H26N8O. The molecule has 5 heterocycles. The van der Waals surface area contributed by atoms with Crippen LogP contribution in [0, 0.1) is 0 Å². The van der Waals surface area contributed by atoms with Crippen LogP contribution in [0.1, 0.15) is 43.1 Å². The van der Waals surface area contributed by atoms with Crippen LogP contribution in [0.4, 0.5) is 5.82 Å². The quantitative estimate of drug-likeness (QED) is 0.657. The Kier molecular flexibility index (Phi) is 4.75. The first-order valence-electron chi connectivity index (χ1n) is 10.4. The van der Waals surface area contributed by atoms with Crippen LogP contribution in [0.2, 0.25) is 0 Å². The van der Waals surface area contributed by atoms with Gasteiger partial charge < -0.3 is 9.47 Å². The zero-order valence-corrected chi connectivity index (χ0v) is 16.7. The van der Waals surface area contributed by atoms with E-state index in [1.165, 1.54) is 19.0 Å². The SMILES string of the molecule is Cn1cc(CN2CCC(c3nnc4ccc(N5CCCC5)nn34)CC2)ncc1=O. The van der Waals surface area contributed by atoms with Crippen molar-refractivity contribution in [1.82, 2.24) is 34.3 Å². The molecule has 2 fully saturated rings. The first-order chi connectivity index (χ1) is 14.2. The van der Waals surface area contributed by atoms with Crippen LogP contribution in [0.3, 0.4) is 0 Å². The van der Waals surface area contributed by atoms with Gasteiger partial charge in [0.05, 0.1) is 11.9 Å². The molecule has 2 aliphatic heterocycles. The maximum atomic E-state index is 11.5. The maximum Gasteiger partial charge on any atom is 0.268 e. The highest BCUT2D eigenvalue weighted by atomic mass is 16.1. The minimum Gasteiger partial charge on any atom is -0.355 e. The van der Waals surface area contributed by atoms with Gasteiger partial charge in [0.25, 0.3) is 5.56 Å². The minimum absolute atomic E-state index is 0.0769. The summed E-state index contributed by atoms with van der Waals surface area (Å²) in [4.78, 5) is 20.5. The number of nitrogens with zero attached hydrogens (tertiary/aromatic N) is 8. The molecule has 3 aromatic rings. The van der Waals surface area contributed by atoms with Crippen LogP contribution in [0.25, 0.3) is 5.65 Å². The summed E-state index contributed by atoms with van der Waals surface area (Å²) in [5, 5.41) is 13.7. The van der Waals surface area contributed by atoms with E-state index >= 15 is 0 Å². The smallest absolute Gasteiger partial charge is 0.268 e. The van der Waals surface area contributed by atoms with E-state index in [2.05, 4.69) is 31.0 Å². The normalized spacial score (nSPS) is 18.7. The second-order valence-electron chi connectivity index (χ2n) is 8.09. The van der Waals surface area contributed by atoms with E-state index in [4.69, 9.17) is 5.10 Å². The molecule has 0 aromatic carbocycles. The molecule has 0 bridgehead atoms. The molecule has 0 atom stereocenters. The van der Waals surface area contributed by atoms with Gasteiger partial charge in [-0.15, -0.1) is 15.3 Å². The van der Waals surface area contributed by atoms with Crippen LogP contribution >= 0.6 is 0 Å². The van der Waals surface area contributed by atoms with Crippen LogP contribution in [-0.4, -0.2) is 60.4 Å². The molecule has 9 nitrogen and oxygen atoms in total. The Morgan fingerprint density at radius 2 is 1.86 bits per heavy atom. The third kappa shape index (κ3) is 3.62. The third-order valence-electron chi connectivity index (χ3n) is 6.07. The number of piperidine rings is 1. The molecule has 9 heteroatoms. The zero-order chi connectivity index (χ0) is 19.8. The lowest BCUT2D eigenvalue weighted by molar-refractivity contribution is 0.198. The van der Waals surface area contributed by atoms with Gasteiger partial charge in [0, 0.05) is 38.8 Å². The second-order valence-corrected chi connectivity index (χ2v) is 8.09. The molecule has 0 unspecified atom stereocenters. The lowest BCUT2D eigenvalue weighted by atomic mass is 9.96. The average molecular weight is 394 g/mol. The Balaban J connectivity index is 1.28. The van der Waals surface area contributed by atoms with Crippen molar-refractivity contribution in [3.05, 3.63) is 46.4 Å². The van der Waals surface area contributed by atoms with Crippen molar-refractivity contribution >= 4 is 11.5 Å². The molecule has 5 rings (SSSR count). The average Bonchev–Trinajstić information content (AvgIpc) is 3.41. The molecule has 0 radical (unpaired) electrons. The highest BCUT2D eigenvalue weighted by Crippen LogP contribution is 2.28. The Morgan fingerprint density at radius 3 is 2.62 bits per heavy atom. The number of aromatic nitrogens is 6. The van der Waals surface area contributed by atoms with Crippen molar-refractivity contribution < 1.29 is 0 Å². The summed E-state index contributed by atoms with van der Waals surface area (Å²) in [5.41, 5.74) is 1.67. The lowest BCUT2D eigenvalue weighted by Gasteiger charge is -2.30. The monoisotopic (exact) mass is 394 g/mol. The van der Waals surface area contributed by atoms with Gasteiger partial charge >= 0.3 is 0 Å². The summed E-state index contributed by atoms with van der Waals surface area (Å²) in [5.74, 6) is 2.35. The molecule has 152 valence electrons. The molecule has 0 saturated carbocycles. The Morgan fingerprint density at radius 1 is 1.07 bits per heavy atom.